The average Bonchev–Trinajstić information content (AvgIpc) is 3.06. The predicted molar refractivity (Wildman–Crippen MR) is 90.6 cm³/mol. The third kappa shape index (κ3) is 3.11. The van der Waals surface area contributed by atoms with Crippen molar-refractivity contribution < 1.29 is 18.3 Å². The van der Waals surface area contributed by atoms with Crippen molar-refractivity contribution in [3.05, 3.63) is 35.3 Å². The minimum absolute atomic E-state index is 0.0712. The number of carbonyl (C=O) groups is 1. The molecule has 3 aliphatic heterocycles. The van der Waals surface area contributed by atoms with Crippen LogP contribution >= 0.6 is 11.3 Å². The molecule has 1 aromatic heterocycles. The minimum Gasteiger partial charge on any atom is -0.443 e. The maximum atomic E-state index is 14.0. The van der Waals surface area contributed by atoms with Crippen LogP contribution in [-0.2, 0) is 4.74 Å². The molecule has 8 heteroatoms. The predicted octanol–water partition coefficient (Wildman–Crippen LogP) is 3.88. The zero-order chi connectivity index (χ0) is 17.4. The molecule has 2 aromatic rings. The molecule has 0 atom stereocenters. The van der Waals surface area contributed by atoms with Gasteiger partial charge in [-0.3, -0.25) is 5.32 Å². The number of hydrogen-bond donors (Lipinski definition) is 1. The Morgan fingerprint density at radius 1 is 1.24 bits per heavy atom. The lowest BCUT2D eigenvalue weighted by Gasteiger charge is -2.47. The molecule has 3 fully saturated rings. The fraction of sp³-hybridized carbons (Fsp3) is 0.412. The van der Waals surface area contributed by atoms with Gasteiger partial charge >= 0.3 is 6.09 Å². The summed E-state index contributed by atoms with van der Waals surface area (Å²) in [5, 5.41) is 2.59. The summed E-state index contributed by atoms with van der Waals surface area (Å²) in [5.41, 5.74) is 1.13. The Kier molecular flexibility index (Phi) is 4.16. The van der Waals surface area contributed by atoms with E-state index in [1.807, 2.05) is 0 Å². The van der Waals surface area contributed by atoms with Crippen LogP contribution in [0.15, 0.2) is 23.7 Å². The molecule has 4 heterocycles. The average molecular weight is 365 g/mol. The zero-order valence-corrected chi connectivity index (χ0v) is 14.2. The van der Waals surface area contributed by atoms with E-state index < -0.39 is 23.3 Å². The number of rotatable bonds is 3. The zero-order valence-electron chi connectivity index (χ0n) is 13.4. The van der Waals surface area contributed by atoms with Crippen molar-refractivity contribution in [2.45, 2.75) is 24.9 Å². The SMILES string of the molecule is O=C(Nc1ncsc1-c1cccc(F)c1F)OC12CCN(CC1)CC2. The van der Waals surface area contributed by atoms with Crippen LogP contribution in [0.3, 0.4) is 0 Å². The molecule has 132 valence electrons. The van der Waals surface area contributed by atoms with Crippen LogP contribution in [0.25, 0.3) is 10.4 Å². The summed E-state index contributed by atoms with van der Waals surface area (Å²) >= 11 is 1.13. The van der Waals surface area contributed by atoms with Crippen LogP contribution in [0.4, 0.5) is 19.4 Å². The van der Waals surface area contributed by atoms with E-state index in [1.54, 1.807) is 0 Å². The Morgan fingerprint density at radius 3 is 2.68 bits per heavy atom. The molecule has 3 aliphatic rings. The summed E-state index contributed by atoms with van der Waals surface area (Å²) in [6.07, 6.45) is 1.87. The fourth-order valence-electron chi connectivity index (χ4n) is 3.47. The molecule has 0 spiro atoms. The number of thiazole rings is 1. The van der Waals surface area contributed by atoms with Crippen molar-refractivity contribution >= 4 is 23.2 Å². The molecular weight excluding hydrogens is 348 g/mol. The van der Waals surface area contributed by atoms with Gasteiger partial charge in [0.05, 0.1) is 10.4 Å². The first kappa shape index (κ1) is 16.4. The molecule has 0 unspecified atom stereocenters. The second kappa shape index (κ2) is 6.34. The van der Waals surface area contributed by atoms with Crippen molar-refractivity contribution in [2.75, 3.05) is 25.0 Å². The summed E-state index contributed by atoms with van der Waals surface area (Å²) in [5.74, 6) is -1.71. The van der Waals surface area contributed by atoms with E-state index in [0.717, 1.165) is 56.3 Å². The first-order valence-electron chi connectivity index (χ1n) is 8.17. The van der Waals surface area contributed by atoms with Gasteiger partial charge < -0.3 is 9.64 Å². The van der Waals surface area contributed by atoms with Gasteiger partial charge in [0, 0.05) is 44.5 Å². The van der Waals surface area contributed by atoms with E-state index in [9.17, 15) is 13.6 Å². The molecule has 1 N–H and O–H groups in total. The monoisotopic (exact) mass is 365 g/mol. The van der Waals surface area contributed by atoms with Gasteiger partial charge in [0.25, 0.3) is 0 Å². The van der Waals surface area contributed by atoms with Gasteiger partial charge in [-0.15, -0.1) is 11.3 Å². The van der Waals surface area contributed by atoms with Gasteiger partial charge in [-0.05, 0) is 6.07 Å². The van der Waals surface area contributed by atoms with Crippen molar-refractivity contribution in [3.63, 3.8) is 0 Å². The number of piperidine rings is 3. The number of nitrogens with one attached hydrogen (secondary N) is 1. The standard InChI is InChI=1S/C17H17F2N3O2S/c18-12-3-1-2-11(13(12)19)14-15(20-10-25-14)21-16(23)24-17-4-7-22(8-5-17)9-6-17/h1-3,10H,4-9H2,(H,21,23). The van der Waals surface area contributed by atoms with Crippen LogP contribution in [0.1, 0.15) is 19.3 Å². The third-order valence-electron chi connectivity index (χ3n) is 4.94. The highest BCUT2D eigenvalue weighted by Gasteiger charge is 2.42. The molecule has 1 amide bonds. The Balaban J connectivity index is 1.51. The molecule has 1 aromatic carbocycles. The topological polar surface area (TPSA) is 54.5 Å². The highest BCUT2D eigenvalue weighted by Crippen LogP contribution is 2.37. The second-order valence-electron chi connectivity index (χ2n) is 6.42. The highest BCUT2D eigenvalue weighted by molar-refractivity contribution is 7.13. The maximum absolute atomic E-state index is 14.0. The van der Waals surface area contributed by atoms with E-state index in [0.29, 0.717) is 4.88 Å². The molecule has 0 aliphatic carbocycles. The van der Waals surface area contributed by atoms with Crippen molar-refractivity contribution in [3.8, 4) is 10.4 Å². The lowest BCUT2D eigenvalue weighted by atomic mass is 9.83. The Hall–Kier alpha value is -2.06. The number of amides is 1. The molecule has 2 bridgehead atoms. The largest absolute Gasteiger partial charge is 0.443 e. The van der Waals surface area contributed by atoms with Crippen LogP contribution in [-0.4, -0.2) is 41.2 Å². The maximum Gasteiger partial charge on any atom is 0.413 e. The van der Waals surface area contributed by atoms with E-state index in [4.69, 9.17) is 4.74 Å². The molecular formula is C17H17F2N3O2S. The summed E-state index contributed by atoms with van der Waals surface area (Å²) in [4.78, 5) is 19.1. The van der Waals surface area contributed by atoms with Gasteiger partial charge in [-0.2, -0.15) is 0 Å². The van der Waals surface area contributed by atoms with Gasteiger partial charge in [0.15, 0.2) is 17.5 Å². The highest BCUT2D eigenvalue weighted by atomic mass is 32.1. The number of carbonyl (C=O) groups excluding carboxylic acids is 1. The van der Waals surface area contributed by atoms with Crippen molar-refractivity contribution in [1.82, 2.24) is 9.88 Å². The van der Waals surface area contributed by atoms with Crippen LogP contribution in [0, 0.1) is 11.6 Å². The van der Waals surface area contributed by atoms with Gasteiger partial charge in [0.2, 0.25) is 0 Å². The quantitative estimate of drug-likeness (QED) is 0.897. The van der Waals surface area contributed by atoms with E-state index in [2.05, 4.69) is 15.2 Å². The van der Waals surface area contributed by atoms with Crippen LogP contribution in [0.5, 0.6) is 0 Å². The third-order valence-corrected chi connectivity index (χ3v) is 5.80. The van der Waals surface area contributed by atoms with Crippen LogP contribution in [0.2, 0.25) is 0 Å². The second-order valence-corrected chi connectivity index (χ2v) is 7.28. The number of halogens is 2. The number of hydrogen-bond acceptors (Lipinski definition) is 5. The molecule has 0 saturated carbocycles. The summed E-state index contributed by atoms with van der Waals surface area (Å²) in [7, 11) is 0. The summed E-state index contributed by atoms with van der Waals surface area (Å²) in [6.45, 7) is 2.80. The number of fused-ring (bicyclic) bond motifs is 3. The normalized spacial score (nSPS) is 25.0. The molecule has 25 heavy (non-hydrogen) atoms. The smallest absolute Gasteiger partial charge is 0.413 e. The van der Waals surface area contributed by atoms with E-state index in [-0.39, 0.29) is 11.4 Å². The van der Waals surface area contributed by atoms with Gasteiger partial charge in [-0.1, -0.05) is 12.1 Å². The van der Waals surface area contributed by atoms with Crippen molar-refractivity contribution in [1.29, 1.82) is 0 Å². The lowest BCUT2D eigenvalue weighted by molar-refractivity contribution is -0.0742. The van der Waals surface area contributed by atoms with Crippen LogP contribution < -0.4 is 5.32 Å². The van der Waals surface area contributed by atoms with Gasteiger partial charge in [0.1, 0.15) is 5.60 Å². The number of aromatic nitrogens is 1. The number of anilines is 1. The lowest BCUT2D eigenvalue weighted by Crippen LogP contribution is -2.54. The first-order chi connectivity index (χ1) is 12.1. The van der Waals surface area contributed by atoms with E-state index >= 15 is 0 Å². The number of ether oxygens (including phenoxy) is 1. The Bertz CT molecular complexity index is 789. The summed E-state index contributed by atoms with van der Waals surface area (Å²) in [6, 6.07) is 3.93. The molecule has 3 saturated heterocycles. The molecule has 5 nitrogen and oxygen atoms in total. The number of benzene rings is 1. The van der Waals surface area contributed by atoms with Crippen molar-refractivity contribution in [2.24, 2.45) is 0 Å². The first-order valence-corrected chi connectivity index (χ1v) is 9.04. The summed E-state index contributed by atoms with van der Waals surface area (Å²) < 4.78 is 33.2. The van der Waals surface area contributed by atoms with Gasteiger partial charge in [-0.25, -0.2) is 18.6 Å². The Labute approximate surface area is 147 Å². The van der Waals surface area contributed by atoms with E-state index in [1.165, 1.54) is 17.6 Å². The number of nitrogens with zero attached hydrogens (tertiary/aromatic N) is 2. The minimum atomic E-state index is -0.957. The molecule has 5 rings (SSSR count). The fourth-order valence-corrected chi connectivity index (χ4v) is 4.24. The molecule has 0 radical (unpaired) electrons. The Morgan fingerprint density at radius 2 is 1.96 bits per heavy atom.